The zero-order chi connectivity index (χ0) is 15.5. The van der Waals surface area contributed by atoms with Crippen LogP contribution in [0.25, 0.3) is 0 Å². The molecular formula is C14H14ClN3O4. The van der Waals surface area contributed by atoms with Crippen molar-refractivity contribution in [3.05, 3.63) is 51.7 Å². The molecule has 0 spiro atoms. The van der Waals surface area contributed by atoms with Gasteiger partial charge in [-0.3, -0.25) is 4.57 Å². The van der Waals surface area contributed by atoms with E-state index in [1.807, 2.05) is 24.3 Å². The van der Waals surface area contributed by atoms with E-state index in [4.69, 9.17) is 21.1 Å². The summed E-state index contributed by atoms with van der Waals surface area (Å²) in [5, 5.41) is 10.7. The number of alkyl halides is 1. The van der Waals surface area contributed by atoms with Crippen molar-refractivity contribution in [3.8, 4) is 6.01 Å². The maximum atomic E-state index is 10.7. The van der Waals surface area contributed by atoms with E-state index >= 15 is 0 Å². The molecule has 1 aliphatic rings. The van der Waals surface area contributed by atoms with Crippen LogP contribution in [-0.4, -0.2) is 27.2 Å². The molecule has 0 bridgehead atoms. The fourth-order valence-electron chi connectivity index (χ4n) is 2.20. The number of ether oxygens (including phenoxy) is 2. The Morgan fingerprint density at radius 2 is 2.14 bits per heavy atom. The molecule has 22 heavy (non-hydrogen) atoms. The van der Waals surface area contributed by atoms with Gasteiger partial charge in [-0.15, -0.1) is 11.6 Å². The van der Waals surface area contributed by atoms with Crippen molar-refractivity contribution in [2.24, 2.45) is 0 Å². The molecule has 1 aromatic carbocycles. The van der Waals surface area contributed by atoms with Gasteiger partial charge >= 0.3 is 11.8 Å². The molecule has 0 saturated carbocycles. The predicted octanol–water partition coefficient (Wildman–Crippen LogP) is 2.51. The molecule has 0 fully saturated rings. The van der Waals surface area contributed by atoms with Crippen molar-refractivity contribution in [1.82, 2.24) is 9.55 Å². The van der Waals surface area contributed by atoms with Gasteiger partial charge in [0, 0.05) is 10.9 Å². The highest BCUT2D eigenvalue weighted by molar-refractivity contribution is 6.17. The average molecular weight is 324 g/mol. The molecule has 2 aromatic rings. The zero-order valence-corrected chi connectivity index (χ0v) is 12.4. The molecule has 116 valence electrons. The van der Waals surface area contributed by atoms with E-state index in [-0.39, 0.29) is 17.9 Å². The second-order valence-electron chi connectivity index (χ2n) is 4.99. The van der Waals surface area contributed by atoms with Crippen LogP contribution in [-0.2, 0) is 23.8 Å². The maximum absolute atomic E-state index is 10.7. The molecule has 2 heterocycles. The Balaban J connectivity index is 1.58. The first kappa shape index (κ1) is 14.8. The standard InChI is InChI=1S/C14H14ClN3O4/c15-5-10-1-3-11(4-2-10)8-21-12-6-17-7-13(18(19)20)16-14(17)22-9-12/h1-4,7,12H,5-6,8-9H2. The van der Waals surface area contributed by atoms with Gasteiger partial charge in [0.25, 0.3) is 0 Å². The fraction of sp³-hybridized carbons (Fsp3) is 0.357. The summed E-state index contributed by atoms with van der Waals surface area (Å²) in [5.41, 5.74) is 2.10. The Bertz CT molecular complexity index is 671. The first-order valence-electron chi connectivity index (χ1n) is 6.75. The van der Waals surface area contributed by atoms with Crippen molar-refractivity contribution in [2.75, 3.05) is 6.61 Å². The number of aromatic nitrogens is 2. The Kier molecular flexibility index (Phi) is 4.26. The van der Waals surface area contributed by atoms with E-state index in [9.17, 15) is 10.1 Å². The molecular weight excluding hydrogens is 310 g/mol. The SMILES string of the molecule is O=[N+]([O-])c1cn2c(n1)OCC(OCc1ccc(CCl)cc1)C2. The van der Waals surface area contributed by atoms with Crippen LogP contribution in [0.5, 0.6) is 6.01 Å². The van der Waals surface area contributed by atoms with E-state index in [2.05, 4.69) is 4.98 Å². The third-order valence-corrected chi connectivity index (χ3v) is 3.68. The largest absolute Gasteiger partial charge is 0.443 e. The molecule has 1 aliphatic heterocycles. The number of hydrogen-bond donors (Lipinski definition) is 0. The Hall–Kier alpha value is -2.12. The summed E-state index contributed by atoms with van der Waals surface area (Å²) in [6.07, 6.45) is 1.19. The molecule has 0 amide bonds. The molecule has 0 N–H and O–H groups in total. The van der Waals surface area contributed by atoms with Crippen molar-refractivity contribution in [1.29, 1.82) is 0 Å². The number of hydrogen-bond acceptors (Lipinski definition) is 5. The summed E-state index contributed by atoms with van der Waals surface area (Å²) in [4.78, 5) is 14.0. The van der Waals surface area contributed by atoms with Crippen molar-refractivity contribution < 1.29 is 14.4 Å². The van der Waals surface area contributed by atoms with Crippen LogP contribution < -0.4 is 4.74 Å². The molecule has 8 heteroatoms. The topological polar surface area (TPSA) is 79.4 Å². The number of rotatable bonds is 5. The van der Waals surface area contributed by atoms with Crippen LogP contribution in [0.3, 0.4) is 0 Å². The zero-order valence-electron chi connectivity index (χ0n) is 11.6. The van der Waals surface area contributed by atoms with E-state index in [1.54, 1.807) is 4.57 Å². The molecule has 7 nitrogen and oxygen atoms in total. The lowest BCUT2D eigenvalue weighted by Gasteiger charge is -2.22. The normalized spacial score (nSPS) is 16.9. The van der Waals surface area contributed by atoms with Crippen LogP contribution in [0.4, 0.5) is 5.82 Å². The summed E-state index contributed by atoms with van der Waals surface area (Å²) in [5.74, 6) is 0.270. The van der Waals surface area contributed by atoms with Crippen LogP contribution in [0.15, 0.2) is 30.5 Å². The highest BCUT2D eigenvalue weighted by atomic mass is 35.5. The number of halogens is 1. The fourth-order valence-corrected chi connectivity index (χ4v) is 2.38. The minimum Gasteiger partial charge on any atom is -0.443 e. The summed E-state index contributed by atoms with van der Waals surface area (Å²) >= 11 is 5.75. The first-order chi connectivity index (χ1) is 10.7. The first-order valence-corrected chi connectivity index (χ1v) is 7.29. The van der Waals surface area contributed by atoms with E-state index < -0.39 is 4.92 Å². The number of benzene rings is 1. The second kappa shape index (κ2) is 6.33. The van der Waals surface area contributed by atoms with E-state index in [0.717, 1.165) is 11.1 Å². The third kappa shape index (κ3) is 3.20. The Morgan fingerprint density at radius 3 is 2.82 bits per heavy atom. The van der Waals surface area contributed by atoms with Gasteiger partial charge in [0.1, 0.15) is 18.9 Å². The summed E-state index contributed by atoms with van der Waals surface area (Å²) in [7, 11) is 0. The van der Waals surface area contributed by atoms with Gasteiger partial charge in [-0.05, 0) is 16.1 Å². The molecule has 0 saturated heterocycles. The Morgan fingerprint density at radius 1 is 1.41 bits per heavy atom. The molecule has 1 unspecified atom stereocenters. The number of fused-ring (bicyclic) bond motifs is 1. The molecule has 0 aliphatic carbocycles. The number of nitrogens with zero attached hydrogens (tertiary/aromatic N) is 3. The monoisotopic (exact) mass is 323 g/mol. The smallest absolute Gasteiger partial charge is 0.414 e. The Labute approximate surface area is 131 Å². The van der Waals surface area contributed by atoms with Gasteiger partial charge < -0.3 is 19.6 Å². The lowest BCUT2D eigenvalue weighted by atomic mass is 10.2. The lowest BCUT2D eigenvalue weighted by Crippen LogP contribution is -2.32. The van der Waals surface area contributed by atoms with Gasteiger partial charge in [-0.2, -0.15) is 0 Å². The van der Waals surface area contributed by atoms with Crippen molar-refractivity contribution in [2.45, 2.75) is 25.1 Å². The molecule has 1 atom stereocenters. The predicted molar refractivity (Wildman–Crippen MR) is 79.0 cm³/mol. The minimum absolute atomic E-state index is 0.172. The summed E-state index contributed by atoms with van der Waals surface area (Å²) in [6.45, 7) is 1.26. The summed E-state index contributed by atoms with van der Waals surface area (Å²) < 4.78 is 12.8. The van der Waals surface area contributed by atoms with Gasteiger partial charge in [-0.25, -0.2) is 0 Å². The van der Waals surface area contributed by atoms with E-state index in [0.29, 0.717) is 25.6 Å². The number of imidazole rings is 1. The molecule has 1 aromatic heterocycles. The average Bonchev–Trinajstić information content (AvgIpc) is 2.97. The summed E-state index contributed by atoms with van der Waals surface area (Å²) in [6, 6.07) is 8.11. The van der Waals surface area contributed by atoms with Gasteiger partial charge in [0.15, 0.2) is 0 Å². The van der Waals surface area contributed by atoms with Crippen molar-refractivity contribution in [3.63, 3.8) is 0 Å². The van der Waals surface area contributed by atoms with Crippen LogP contribution in [0.2, 0.25) is 0 Å². The van der Waals surface area contributed by atoms with E-state index in [1.165, 1.54) is 6.20 Å². The highest BCUT2D eigenvalue weighted by Crippen LogP contribution is 2.22. The van der Waals surface area contributed by atoms with Crippen LogP contribution >= 0.6 is 11.6 Å². The van der Waals surface area contributed by atoms with Crippen molar-refractivity contribution >= 4 is 17.4 Å². The highest BCUT2D eigenvalue weighted by Gasteiger charge is 2.28. The quantitative estimate of drug-likeness (QED) is 0.480. The third-order valence-electron chi connectivity index (χ3n) is 3.38. The van der Waals surface area contributed by atoms with Crippen LogP contribution in [0, 0.1) is 10.1 Å². The van der Waals surface area contributed by atoms with Gasteiger partial charge in [0.05, 0.1) is 13.2 Å². The van der Waals surface area contributed by atoms with Crippen LogP contribution in [0.1, 0.15) is 11.1 Å². The number of nitro groups is 1. The van der Waals surface area contributed by atoms with Gasteiger partial charge in [-0.1, -0.05) is 24.3 Å². The second-order valence-corrected chi connectivity index (χ2v) is 5.25. The molecule has 3 rings (SSSR count). The minimum atomic E-state index is -0.539. The van der Waals surface area contributed by atoms with Gasteiger partial charge in [0.2, 0.25) is 0 Å². The molecule has 0 radical (unpaired) electrons. The lowest BCUT2D eigenvalue weighted by molar-refractivity contribution is -0.389. The maximum Gasteiger partial charge on any atom is 0.414 e.